The van der Waals surface area contributed by atoms with E-state index in [-0.39, 0.29) is 11.7 Å². The lowest BCUT2D eigenvalue weighted by Crippen LogP contribution is -2.07. The van der Waals surface area contributed by atoms with E-state index < -0.39 is 4.92 Å². The maximum Gasteiger partial charge on any atom is 0.282 e. The summed E-state index contributed by atoms with van der Waals surface area (Å²) in [7, 11) is 0. The van der Waals surface area contributed by atoms with Crippen LogP contribution in [0.1, 0.15) is 24.6 Å². The molecular formula is C12H12IN3O3. The molecule has 0 amide bonds. The molecule has 0 aliphatic carbocycles. The Morgan fingerprint density at radius 3 is 2.79 bits per heavy atom. The summed E-state index contributed by atoms with van der Waals surface area (Å²) in [6.07, 6.45) is 1.66. The molecule has 0 saturated carbocycles. The molecule has 0 fully saturated rings. The first-order valence-corrected chi connectivity index (χ1v) is 6.68. The maximum absolute atomic E-state index is 10.7. The molecule has 1 atom stereocenters. The van der Waals surface area contributed by atoms with Gasteiger partial charge in [-0.3, -0.25) is 10.1 Å². The van der Waals surface area contributed by atoms with Gasteiger partial charge in [-0.05, 0) is 48.6 Å². The Bertz CT molecular complexity index is 612. The summed E-state index contributed by atoms with van der Waals surface area (Å²) in [6, 6.07) is 4.78. The van der Waals surface area contributed by atoms with Gasteiger partial charge in [-0.25, -0.2) is 4.98 Å². The molecule has 0 saturated heterocycles. The van der Waals surface area contributed by atoms with Gasteiger partial charge < -0.3 is 9.73 Å². The van der Waals surface area contributed by atoms with Gasteiger partial charge in [0, 0.05) is 11.8 Å². The summed E-state index contributed by atoms with van der Waals surface area (Å²) in [5.74, 6) is 1.34. The van der Waals surface area contributed by atoms with Crippen LogP contribution in [0.4, 0.5) is 11.4 Å². The van der Waals surface area contributed by atoms with Crippen molar-refractivity contribution >= 4 is 34.0 Å². The number of hydrogen-bond donors (Lipinski definition) is 1. The number of aromatic nitrogens is 1. The van der Waals surface area contributed by atoms with Crippen LogP contribution in [-0.2, 0) is 0 Å². The van der Waals surface area contributed by atoms with Crippen LogP contribution in [-0.4, -0.2) is 9.91 Å². The molecular weight excluding hydrogens is 361 g/mol. The average molecular weight is 373 g/mol. The van der Waals surface area contributed by atoms with Crippen LogP contribution in [0.3, 0.4) is 0 Å². The third kappa shape index (κ3) is 3.22. The summed E-state index contributed by atoms with van der Waals surface area (Å²) >= 11 is 1.95. The molecule has 1 aromatic heterocycles. The maximum atomic E-state index is 10.7. The Labute approximate surface area is 123 Å². The van der Waals surface area contributed by atoms with E-state index in [1.54, 1.807) is 18.3 Å². The van der Waals surface area contributed by atoms with E-state index in [9.17, 15) is 10.1 Å². The lowest BCUT2D eigenvalue weighted by Gasteiger charge is -2.12. The molecule has 0 aliphatic heterocycles. The number of hydrogen-bond acceptors (Lipinski definition) is 5. The van der Waals surface area contributed by atoms with Crippen molar-refractivity contribution < 1.29 is 9.34 Å². The number of aryl methyl sites for hydroxylation is 1. The number of rotatable bonds is 4. The van der Waals surface area contributed by atoms with Gasteiger partial charge >= 0.3 is 0 Å². The van der Waals surface area contributed by atoms with Gasteiger partial charge in [0.1, 0.15) is 11.8 Å². The van der Waals surface area contributed by atoms with Crippen LogP contribution >= 0.6 is 22.6 Å². The number of halogens is 1. The largest absolute Gasteiger partial charge is 0.444 e. The minimum absolute atomic E-state index is 0.103. The van der Waals surface area contributed by atoms with Crippen molar-refractivity contribution in [1.82, 2.24) is 4.98 Å². The van der Waals surface area contributed by atoms with Crippen molar-refractivity contribution in [3.63, 3.8) is 0 Å². The van der Waals surface area contributed by atoms with Crippen LogP contribution in [0.25, 0.3) is 0 Å². The van der Waals surface area contributed by atoms with Gasteiger partial charge in [0.25, 0.3) is 5.69 Å². The van der Waals surface area contributed by atoms with Crippen molar-refractivity contribution in [3.8, 4) is 0 Å². The van der Waals surface area contributed by atoms with E-state index in [4.69, 9.17) is 4.42 Å². The standard InChI is InChI=1S/C12H12IN3O3/c1-7-6-14-12(19-7)8(2)15-9-3-4-11(16(17)18)10(13)5-9/h3-6,8,15H,1-2H3. The van der Waals surface area contributed by atoms with Crippen LogP contribution in [0.15, 0.2) is 28.8 Å². The lowest BCUT2D eigenvalue weighted by molar-refractivity contribution is -0.385. The number of nitro benzene ring substituents is 1. The first-order valence-electron chi connectivity index (χ1n) is 5.60. The molecule has 0 bridgehead atoms. The Morgan fingerprint density at radius 2 is 2.26 bits per heavy atom. The first-order chi connectivity index (χ1) is 8.97. The summed E-state index contributed by atoms with van der Waals surface area (Å²) in [5.41, 5.74) is 0.893. The van der Waals surface area contributed by atoms with Crippen molar-refractivity contribution in [2.24, 2.45) is 0 Å². The molecule has 1 N–H and O–H groups in total. The lowest BCUT2D eigenvalue weighted by atomic mass is 10.2. The molecule has 2 aromatic rings. The Morgan fingerprint density at radius 1 is 1.53 bits per heavy atom. The predicted molar refractivity (Wildman–Crippen MR) is 79.1 cm³/mol. The second-order valence-corrected chi connectivity index (χ2v) is 5.26. The van der Waals surface area contributed by atoms with E-state index in [0.717, 1.165) is 11.4 Å². The molecule has 0 aliphatic rings. The Kier molecular flexibility index (Phi) is 4.03. The fourth-order valence-corrected chi connectivity index (χ4v) is 2.34. The van der Waals surface area contributed by atoms with Crippen molar-refractivity contribution in [1.29, 1.82) is 0 Å². The minimum atomic E-state index is -0.396. The monoisotopic (exact) mass is 373 g/mol. The first kappa shape index (κ1) is 13.8. The second-order valence-electron chi connectivity index (χ2n) is 4.10. The number of anilines is 1. The smallest absolute Gasteiger partial charge is 0.282 e. The van der Waals surface area contributed by atoms with Gasteiger partial charge in [0.2, 0.25) is 5.89 Å². The highest BCUT2D eigenvalue weighted by Crippen LogP contribution is 2.26. The van der Waals surface area contributed by atoms with Crippen molar-refractivity contribution in [3.05, 3.63) is 49.7 Å². The molecule has 7 heteroatoms. The van der Waals surface area contributed by atoms with Crippen LogP contribution in [0.5, 0.6) is 0 Å². The fraction of sp³-hybridized carbons (Fsp3) is 0.250. The molecule has 1 heterocycles. The van der Waals surface area contributed by atoms with E-state index >= 15 is 0 Å². The van der Waals surface area contributed by atoms with Crippen molar-refractivity contribution in [2.45, 2.75) is 19.9 Å². The van der Waals surface area contributed by atoms with Gasteiger partial charge in [0.15, 0.2) is 0 Å². The van der Waals surface area contributed by atoms with Crippen LogP contribution in [0.2, 0.25) is 0 Å². The molecule has 100 valence electrons. The van der Waals surface area contributed by atoms with Gasteiger partial charge in [-0.2, -0.15) is 0 Å². The van der Waals surface area contributed by atoms with Gasteiger partial charge in [0.05, 0.1) is 14.7 Å². The van der Waals surface area contributed by atoms with Gasteiger partial charge in [-0.1, -0.05) is 0 Å². The highest BCUT2D eigenvalue weighted by molar-refractivity contribution is 14.1. The number of nitrogens with one attached hydrogen (secondary N) is 1. The van der Waals surface area contributed by atoms with E-state index in [0.29, 0.717) is 9.46 Å². The summed E-state index contributed by atoms with van der Waals surface area (Å²) in [4.78, 5) is 14.5. The molecule has 0 radical (unpaired) electrons. The fourth-order valence-electron chi connectivity index (χ4n) is 1.63. The zero-order chi connectivity index (χ0) is 14.0. The summed E-state index contributed by atoms with van der Waals surface area (Å²) < 4.78 is 6.01. The zero-order valence-electron chi connectivity index (χ0n) is 10.4. The molecule has 1 aromatic carbocycles. The molecule has 1 unspecified atom stereocenters. The molecule has 0 spiro atoms. The number of benzene rings is 1. The van der Waals surface area contributed by atoms with Crippen LogP contribution < -0.4 is 5.32 Å². The Balaban J connectivity index is 2.15. The number of nitro groups is 1. The minimum Gasteiger partial charge on any atom is -0.444 e. The Hall–Kier alpha value is -1.64. The summed E-state index contributed by atoms with van der Waals surface area (Å²) in [6.45, 7) is 3.75. The third-order valence-corrected chi connectivity index (χ3v) is 3.40. The highest BCUT2D eigenvalue weighted by atomic mass is 127. The third-order valence-electron chi connectivity index (χ3n) is 2.54. The SMILES string of the molecule is Cc1cnc(C(C)Nc2ccc([N+](=O)[O-])c(I)c2)o1. The predicted octanol–water partition coefficient (Wildman–Crippen LogP) is 3.67. The quantitative estimate of drug-likeness (QED) is 0.503. The zero-order valence-corrected chi connectivity index (χ0v) is 12.5. The van der Waals surface area contributed by atoms with Crippen molar-refractivity contribution in [2.75, 3.05) is 5.32 Å². The summed E-state index contributed by atoms with van der Waals surface area (Å²) in [5, 5.41) is 13.9. The normalized spacial score (nSPS) is 12.2. The average Bonchev–Trinajstić information content (AvgIpc) is 2.75. The number of nitrogens with zero attached hydrogens (tertiary/aromatic N) is 2. The van der Waals surface area contributed by atoms with Crippen LogP contribution in [0, 0.1) is 20.6 Å². The second kappa shape index (κ2) is 5.55. The molecule has 2 rings (SSSR count). The van der Waals surface area contributed by atoms with E-state index in [1.807, 2.05) is 36.4 Å². The molecule has 6 nitrogen and oxygen atoms in total. The number of oxazole rings is 1. The van der Waals surface area contributed by atoms with E-state index in [2.05, 4.69) is 10.3 Å². The van der Waals surface area contributed by atoms with E-state index in [1.165, 1.54) is 6.07 Å². The topological polar surface area (TPSA) is 81.2 Å². The highest BCUT2D eigenvalue weighted by Gasteiger charge is 2.14. The molecule has 19 heavy (non-hydrogen) atoms. The van der Waals surface area contributed by atoms with Gasteiger partial charge in [-0.15, -0.1) is 0 Å².